The average Bonchev–Trinajstić information content (AvgIpc) is 3.19. The second kappa shape index (κ2) is 6.91. The fraction of sp³-hybridized carbons (Fsp3) is 0.107. The minimum atomic E-state index is 0.118. The number of aromatic nitrogens is 2. The maximum Gasteiger partial charge on any atom is 0.257 e. The lowest BCUT2D eigenvalue weighted by Gasteiger charge is -2.33. The standard InChI is InChI=1S/C28H22BN3O2/c1-16-22(12-8-14-24(16)33-3)32-17(2)30-27-23(32)15-21-26-28(27)34-25-13-7-5-10-19(25)29(26)18-9-4-6-11-20(18)31-21/h4-15,31H,1-3H3/p+1. The van der Waals surface area contributed by atoms with Gasteiger partial charge in [0.25, 0.3) is 12.5 Å². The van der Waals surface area contributed by atoms with Gasteiger partial charge in [0.1, 0.15) is 17.2 Å². The number of para-hydroxylation sites is 2. The van der Waals surface area contributed by atoms with Crippen LogP contribution in [0.2, 0.25) is 0 Å². The number of rotatable bonds is 2. The Kier molecular flexibility index (Phi) is 3.92. The molecule has 6 heteroatoms. The van der Waals surface area contributed by atoms with E-state index in [9.17, 15) is 0 Å². The van der Waals surface area contributed by atoms with E-state index >= 15 is 0 Å². The van der Waals surface area contributed by atoms with E-state index < -0.39 is 0 Å². The van der Waals surface area contributed by atoms with Crippen molar-refractivity contribution in [3.8, 4) is 22.9 Å². The Morgan fingerprint density at radius 1 is 0.882 bits per heavy atom. The summed E-state index contributed by atoms with van der Waals surface area (Å²) >= 11 is 0. The van der Waals surface area contributed by atoms with Crippen molar-refractivity contribution >= 4 is 45.5 Å². The predicted octanol–water partition coefficient (Wildman–Crippen LogP) is 3.75. The Balaban J connectivity index is 1.56. The molecule has 2 N–H and O–H groups in total. The van der Waals surface area contributed by atoms with E-state index in [0.29, 0.717) is 0 Å². The molecule has 0 fully saturated rings. The van der Waals surface area contributed by atoms with Gasteiger partial charge in [-0.15, -0.1) is 0 Å². The summed E-state index contributed by atoms with van der Waals surface area (Å²) in [7, 11) is 1.71. The Hall–Kier alpha value is -4.19. The lowest BCUT2D eigenvalue weighted by Crippen LogP contribution is -2.58. The lowest BCUT2D eigenvalue weighted by atomic mass is 9.34. The monoisotopic (exact) mass is 444 g/mol. The molecule has 1 aromatic heterocycles. The van der Waals surface area contributed by atoms with Crippen molar-refractivity contribution in [1.29, 1.82) is 0 Å². The number of hydrogen-bond acceptors (Lipinski definition) is 3. The first kappa shape index (κ1) is 19.3. The number of anilines is 2. The number of imidazole rings is 1. The Morgan fingerprint density at radius 2 is 1.68 bits per heavy atom. The van der Waals surface area contributed by atoms with E-state index in [-0.39, 0.29) is 6.71 Å². The molecule has 4 aromatic carbocycles. The molecule has 0 bridgehead atoms. The lowest BCUT2D eigenvalue weighted by molar-refractivity contribution is -0.574. The largest absolute Gasteiger partial charge is 0.496 e. The summed E-state index contributed by atoms with van der Waals surface area (Å²) in [6, 6.07) is 25.4. The molecule has 0 radical (unpaired) electrons. The van der Waals surface area contributed by atoms with Crippen LogP contribution in [0.4, 0.5) is 11.4 Å². The van der Waals surface area contributed by atoms with Gasteiger partial charge in [0.2, 0.25) is 5.52 Å². The molecule has 0 aliphatic carbocycles. The number of nitrogens with zero attached hydrogens (tertiary/aromatic N) is 1. The van der Waals surface area contributed by atoms with Crippen LogP contribution >= 0.6 is 0 Å². The van der Waals surface area contributed by atoms with Crippen molar-refractivity contribution in [2.75, 3.05) is 12.4 Å². The number of aromatic amines is 1. The van der Waals surface area contributed by atoms with Crippen molar-refractivity contribution in [3.63, 3.8) is 0 Å². The van der Waals surface area contributed by atoms with Crippen molar-refractivity contribution in [1.82, 2.24) is 4.98 Å². The molecule has 5 nitrogen and oxygen atoms in total. The fourth-order valence-electron chi connectivity index (χ4n) is 5.66. The first-order valence-electron chi connectivity index (χ1n) is 11.5. The van der Waals surface area contributed by atoms with Gasteiger partial charge >= 0.3 is 0 Å². The molecule has 7 rings (SSSR count). The second-order valence-electron chi connectivity index (χ2n) is 9.00. The van der Waals surface area contributed by atoms with Crippen LogP contribution in [0.5, 0.6) is 17.2 Å². The number of aryl methyl sites for hydroxylation is 1. The highest BCUT2D eigenvalue weighted by Gasteiger charge is 2.41. The van der Waals surface area contributed by atoms with E-state index in [1.807, 2.05) is 18.2 Å². The van der Waals surface area contributed by atoms with Crippen molar-refractivity contribution in [2.24, 2.45) is 0 Å². The van der Waals surface area contributed by atoms with Gasteiger partial charge < -0.3 is 14.8 Å². The smallest absolute Gasteiger partial charge is 0.257 e. The third-order valence-electron chi connectivity index (χ3n) is 7.17. The van der Waals surface area contributed by atoms with Crippen LogP contribution in [0.15, 0.2) is 72.8 Å². The van der Waals surface area contributed by atoms with Crippen LogP contribution in [-0.4, -0.2) is 18.8 Å². The van der Waals surface area contributed by atoms with Gasteiger partial charge in [0.15, 0.2) is 11.3 Å². The van der Waals surface area contributed by atoms with Crippen LogP contribution in [0.25, 0.3) is 16.7 Å². The molecule has 0 saturated heterocycles. The zero-order valence-electron chi connectivity index (χ0n) is 19.3. The maximum absolute atomic E-state index is 6.62. The topological polar surface area (TPSA) is 50.2 Å². The highest BCUT2D eigenvalue weighted by Crippen LogP contribution is 2.37. The van der Waals surface area contributed by atoms with Gasteiger partial charge in [0, 0.05) is 35.4 Å². The number of benzene rings is 4. The summed E-state index contributed by atoms with van der Waals surface area (Å²) in [5.41, 5.74) is 10.1. The van der Waals surface area contributed by atoms with Gasteiger partial charge in [-0.3, -0.25) is 0 Å². The van der Waals surface area contributed by atoms with Crippen molar-refractivity contribution in [3.05, 3.63) is 84.2 Å². The highest BCUT2D eigenvalue weighted by molar-refractivity contribution is 6.99. The van der Waals surface area contributed by atoms with E-state index in [1.54, 1.807) is 7.11 Å². The summed E-state index contributed by atoms with van der Waals surface area (Å²) in [6.07, 6.45) is 0. The number of nitrogens with one attached hydrogen (secondary N) is 2. The highest BCUT2D eigenvalue weighted by atomic mass is 16.5. The summed E-state index contributed by atoms with van der Waals surface area (Å²) in [4.78, 5) is 3.64. The minimum absolute atomic E-state index is 0.118. The number of hydrogen-bond donors (Lipinski definition) is 2. The molecule has 2 aliphatic heterocycles. The summed E-state index contributed by atoms with van der Waals surface area (Å²) in [5.74, 6) is 3.70. The molecule has 3 heterocycles. The van der Waals surface area contributed by atoms with Crippen molar-refractivity contribution < 1.29 is 14.0 Å². The number of fused-ring (bicyclic) bond motifs is 6. The van der Waals surface area contributed by atoms with Crippen LogP contribution in [-0.2, 0) is 0 Å². The summed E-state index contributed by atoms with van der Waals surface area (Å²) in [5, 5.41) is 3.70. The molecule has 0 spiro atoms. The van der Waals surface area contributed by atoms with E-state index in [1.165, 1.54) is 16.4 Å². The average molecular weight is 444 g/mol. The molecule has 0 saturated carbocycles. The van der Waals surface area contributed by atoms with Gasteiger partial charge in [-0.1, -0.05) is 42.5 Å². The van der Waals surface area contributed by atoms with Gasteiger partial charge in [-0.2, -0.15) is 4.57 Å². The van der Waals surface area contributed by atoms with Crippen LogP contribution in [0, 0.1) is 13.8 Å². The van der Waals surface area contributed by atoms with E-state index in [0.717, 1.165) is 56.7 Å². The summed E-state index contributed by atoms with van der Waals surface area (Å²) in [6.45, 7) is 4.31. The first-order chi connectivity index (χ1) is 16.7. The zero-order chi connectivity index (χ0) is 23.0. The van der Waals surface area contributed by atoms with E-state index in [4.69, 9.17) is 9.47 Å². The van der Waals surface area contributed by atoms with Crippen molar-refractivity contribution in [2.45, 2.75) is 13.8 Å². The Morgan fingerprint density at radius 3 is 2.53 bits per heavy atom. The number of H-pyrrole nitrogens is 1. The quantitative estimate of drug-likeness (QED) is 0.316. The number of ether oxygens (including phenoxy) is 2. The third kappa shape index (κ3) is 2.48. The van der Waals surface area contributed by atoms with Crippen LogP contribution < -0.4 is 35.7 Å². The SMILES string of the molecule is COc1cccc(-[n+]2c(C)[nH]c3c4c5c(cc32)Nc2ccccc2B5c2ccccc2O4)c1C. The molecule has 0 atom stereocenters. The van der Waals surface area contributed by atoms with Gasteiger partial charge in [-0.25, -0.2) is 4.98 Å². The van der Waals surface area contributed by atoms with E-state index in [2.05, 4.69) is 83.3 Å². The molecule has 0 amide bonds. The van der Waals surface area contributed by atoms with Gasteiger partial charge in [-0.05, 0) is 42.1 Å². The normalized spacial score (nSPS) is 13.0. The molecule has 164 valence electrons. The summed E-state index contributed by atoms with van der Waals surface area (Å²) < 4.78 is 14.5. The minimum Gasteiger partial charge on any atom is -0.496 e. The maximum atomic E-state index is 6.62. The predicted molar refractivity (Wildman–Crippen MR) is 137 cm³/mol. The van der Waals surface area contributed by atoms with Crippen LogP contribution in [0.3, 0.4) is 0 Å². The third-order valence-corrected chi connectivity index (χ3v) is 7.17. The molecule has 2 aliphatic rings. The zero-order valence-corrected chi connectivity index (χ0v) is 19.3. The number of methoxy groups -OCH3 is 1. The molecule has 0 unspecified atom stereocenters. The second-order valence-corrected chi connectivity index (χ2v) is 9.00. The Labute approximate surface area is 198 Å². The van der Waals surface area contributed by atoms with Gasteiger partial charge in [0.05, 0.1) is 7.11 Å². The molecular weight excluding hydrogens is 421 g/mol. The first-order valence-corrected chi connectivity index (χ1v) is 11.5. The molecular formula is C28H23BN3O2+. The van der Waals surface area contributed by atoms with Crippen LogP contribution in [0.1, 0.15) is 11.4 Å². The fourth-order valence-corrected chi connectivity index (χ4v) is 5.66. The molecule has 34 heavy (non-hydrogen) atoms. The molecule has 5 aromatic rings. The Bertz CT molecular complexity index is 1630.